The summed E-state index contributed by atoms with van der Waals surface area (Å²) in [4.78, 5) is 0.535. The molecule has 4 nitrogen and oxygen atoms in total. The van der Waals surface area contributed by atoms with E-state index in [2.05, 4.69) is 20.7 Å². The van der Waals surface area contributed by atoms with Crippen LogP contribution >= 0.6 is 28.1 Å². The van der Waals surface area contributed by atoms with Gasteiger partial charge in [-0.25, -0.2) is 13.1 Å². The number of benzene rings is 1. The third kappa shape index (κ3) is 4.64. The van der Waals surface area contributed by atoms with Gasteiger partial charge in [0.2, 0.25) is 10.0 Å². The van der Waals surface area contributed by atoms with Crippen LogP contribution in [-0.4, -0.2) is 19.4 Å². The Morgan fingerprint density at radius 3 is 2.44 bits per heavy atom. The number of nitrogens with two attached hydrogens (primary N) is 1. The van der Waals surface area contributed by atoms with Gasteiger partial charge >= 0.3 is 0 Å². The quantitative estimate of drug-likeness (QED) is 0.771. The van der Waals surface area contributed by atoms with Crippen LogP contribution < -0.4 is 10.5 Å². The van der Waals surface area contributed by atoms with E-state index >= 15 is 0 Å². The summed E-state index contributed by atoms with van der Waals surface area (Å²) >= 11 is 8.06. The van der Waals surface area contributed by atoms with Gasteiger partial charge in [-0.3, -0.25) is 0 Å². The maximum absolute atomic E-state index is 12.1. The Kier molecular flexibility index (Phi) is 5.71. The van der Waals surface area contributed by atoms with Gasteiger partial charge in [0.1, 0.15) is 0 Å². The molecule has 0 aliphatic heterocycles. The highest BCUT2D eigenvalue weighted by molar-refractivity contribution is 9.10. The maximum Gasteiger partial charge on any atom is 0.240 e. The van der Waals surface area contributed by atoms with E-state index in [0.717, 1.165) is 4.47 Å². The van der Waals surface area contributed by atoms with Crippen molar-refractivity contribution in [2.45, 2.75) is 30.7 Å². The molecule has 1 atom stereocenters. The van der Waals surface area contributed by atoms with Crippen LogP contribution in [0.2, 0.25) is 0 Å². The van der Waals surface area contributed by atoms with Crippen molar-refractivity contribution in [1.82, 2.24) is 4.72 Å². The van der Waals surface area contributed by atoms with Crippen LogP contribution in [-0.2, 0) is 10.0 Å². The van der Waals surface area contributed by atoms with Crippen LogP contribution in [0.5, 0.6) is 0 Å². The number of hydrogen-bond acceptors (Lipinski definition) is 3. The zero-order valence-corrected chi connectivity index (χ0v) is 13.1. The van der Waals surface area contributed by atoms with E-state index in [1.165, 1.54) is 0 Å². The van der Waals surface area contributed by atoms with Gasteiger partial charge in [0, 0.05) is 16.9 Å². The Morgan fingerprint density at radius 1 is 1.44 bits per heavy atom. The first-order chi connectivity index (χ1) is 8.35. The molecule has 100 valence electrons. The molecule has 0 saturated carbocycles. The summed E-state index contributed by atoms with van der Waals surface area (Å²) in [7, 11) is -3.52. The van der Waals surface area contributed by atoms with Gasteiger partial charge in [-0.2, -0.15) is 0 Å². The van der Waals surface area contributed by atoms with Gasteiger partial charge in [0.15, 0.2) is 0 Å². The zero-order chi connectivity index (χ0) is 13.8. The maximum atomic E-state index is 12.1. The highest BCUT2D eigenvalue weighted by Gasteiger charge is 2.19. The molecule has 1 unspecified atom stereocenters. The molecule has 1 aromatic rings. The first-order valence-corrected chi connectivity index (χ1v) is 8.09. The van der Waals surface area contributed by atoms with Crippen molar-refractivity contribution in [3.8, 4) is 0 Å². The summed E-state index contributed by atoms with van der Waals surface area (Å²) in [6.07, 6.45) is 0.995. The minimum atomic E-state index is -3.52. The van der Waals surface area contributed by atoms with Crippen LogP contribution in [0, 0.1) is 0 Å². The molecule has 0 fully saturated rings. The Morgan fingerprint density at radius 2 is 2.00 bits per heavy atom. The normalized spacial score (nSPS) is 13.2. The highest BCUT2D eigenvalue weighted by atomic mass is 79.9. The van der Waals surface area contributed by atoms with Crippen molar-refractivity contribution >= 4 is 43.2 Å². The van der Waals surface area contributed by atoms with Gasteiger partial charge in [-0.15, -0.1) is 0 Å². The van der Waals surface area contributed by atoms with Crippen molar-refractivity contribution in [1.29, 1.82) is 0 Å². The van der Waals surface area contributed by atoms with E-state index in [1.54, 1.807) is 24.3 Å². The minimum Gasteiger partial charge on any atom is -0.393 e. The molecule has 0 amide bonds. The van der Waals surface area contributed by atoms with Gasteiger partial charge in [0.05, 0.1) is 9.88 Å². The van der Waals surface area contributed by atoms with Crippen molar-refractivity contribution in [2.75, 3.05) is 0 Å². The second kappa shape index (κ2) is 6.60. The van der Waals surface area contributed by atoms with Crippen molar-refractivity contribution in [2.24, 2.45) is 5.73 Å². The van der Waals surface area contributed by atoms with Crippen LogP contribution in [0.15, 0.2) is 33.6 Å². The number of hydrogen-bond donors (Lipinski definition) is 2. The van der Waals surface area contributed by atoms with E-state index in [-0.39, 0.29) is 10.9 Å². The largest absolute Gasteiger partial charge is 0.393 e. The number of thiocarbonyl (C=S) groups is 1. The van der Waals surface area contributed by atoms with Crippen molar-refractivity contribution in [3.63, 3.8) is 0 Å². The first kappa shape index (κ1) is 15.6. The first-order valence-electron chi connectivity index (χ1n) is 5.41. The zero-order valence-electron chi connectivity index (χ0n) is 9.89. The molecule has 0 radical (unpaired) electrons. The van der Waals surface area contributed by atoms with E-state index < -0.39 is 10.0 Å². The Bertz CT molecular complexity index is 514. The van der Waals surface area contributed by atoms with Gasteiger partial charge < -0.3 is 5.73 Å². The van der Waals surface area contributed by atoms with Gasteiger partial charge in [-0.05, 0) is 30.7 Å². The number of sulfonamides is 1. The van der Waals surface area contributed by atoms with E-state index in [9.17, 15) is 8.42 Å². The lowest BCUT2D eigenvalue weighted by molar-refractivity contribution is 0.546. The Balaban J connectivity index is 2.86. The summed E-state index contributed by atoms with van der Waals surface area (Å²) in [5, 5.41) is 0. The van der Waals surface area contributed by atoms with Crippen molar-refractivity contribution in [3.05, 3.63) is 28.7 Å². The van der Waals surface area contributed by atoms with Crippen LogP contribution in [0.1, 0.15) is 19.8 Å². The van der Waals surface area contributed by atoms with E-state index in [1.807, 2.05) is 6.92 Å². The average molecular weight is 351 g/mol. The summed E-state index contributed by atoms with van der Waals surface area (Å²) in [6, 6.07) is 6.18. The molecule has 3 N–H and O–H groups in total. The molecule has 18 heavy (non-hydrogen) atoms. The summed E-state index contributed by atoms with van der Waals surface area (Å²) in [5.41, 5.74) is 5.44. The predicted octanol–water partition coefficient (Wildman–Crippen LogP) is 2.18. The lowest BCUT2D eigenvalue weighted by Crippen LogP contribution is -2.37. The molecular formula is C11H15BrN2O2S2. The van der Waals surface area contributed by atoms with E-state index in [4.69, 9.17) is 18.0 Å². The Hall–Kier alpha value is -0.500. The van der Waals surface area contributed by atoms with Crippen molar-refractivity contribution < 1.29 is 8.42 Å². The van der Waals surface area contributed by atoms with E-state index in [0.29, 0.717) is 17.8 Å². The second-order valence-electron chi connectivity index (χ2n) is 3.85. The number of nitrogens with one attached hydrogen (secondary N) is 1. The SMILES string of the molecule is CCC(CC(N)=S)NS(=O)(=O)c1ccc(Br)cc1. The van der Waals surface area contributed by atoms with Crippen LogP contribution in [0.4, 0.5) is 0 Å². The topological polar surface area (TPSA) is 72.2 Å². The molecule has 1 aromatic carbocycles. The molecule has 1 rings (SSSR count). The predicted molar refractivity (Wildman–Crippen MR) is 79.9 cm³/mol. The standard InChI is InChI=1S/C11H15BrN2O2S2/c1-2-9(7-11(13)17)14-18(15,16)10-5-3-8(12)4-6-10/h3-6,9,14H,2,7H2,1H3,(H2,13,17). The lowest BCUT2D eigenvalue weighted by Gasteiger charge is -2.16. The molecule has 0 bridgehead atoms. The second-order valence-corrected chi connectivity index (χ2v) is 7.00. The summed E-state index contributed by atoms with van der Waals surface area (Å²) in [6.45, 7) is 1.88. The third-order valence-electron chi connectivity index (χ3n) is 2.39. The number of rotatable bonds is 6. The fraction of sp³-hybridized carbons (Fsp3) is 0.364. The van der Waals surface area contributed by atoms with Gasteiger partial charge in [0.25, 0.3) is 0 Å². The fourth-order valence-electron chi connectivity index (χ4n) is 1.41. The molecule has 0 spiro atoms. The Labute approximate surface area is 121 Å². The average Bonchev–Trinajstić information content (AvgIpc) is 2.27. The van der Waals surface area contributed by atoms with Gasteiger partial charge in [-0.1, -0.05) is 35.1 Å². The minimum absolute atomic E-state index is 0.229. The molecule has 0 heterocycles. The molecular weight excluding hydrogens is 336 g/mol. The molecule has 0 saturated heterocycles. The smallest absolute Gasteiger partial charge is 0.240 e. The molecule has 0 aliphatic rings. The van der Waals surface area contributed by atoms with Crippen LogP contribution in [0.25, 0.3) is 0 Å². The molecule has 0 aromatic heterocycles. The van der Waals surface area contributed by atoms with Crippen LogP contribution in [0.3, 0.4) is 0 Å². The fourth-order valence-corrected chi connectivity index (χ4v) is 3.20. The summed E-state index contributed by atoms with van der Waals surface area (Å²) in [5.74, 6) is 0. The number of halogens is 1. The molecule has 0 aliphatic carbocycles. The monoisotopic (exact) mass is 350 g/mol. The third-order valence-corrected chi connectivity index (χ3v) is 4.62. The highest BCUT2D eigenvalue weighted by Crippen LogP contribution is 2.15. The lowest BCUT2D eigenvalue weighted by atomic mass is 10.2. The molecule has 7 heteroatoms. The summed E-state index contributed by atoms with van der Waals surface area (Å²) < 4.78 is 27.6.